The van der Waals surface area contributed by atoms with Gasteiger partial charge in [-0.1, -0.05) is 13.0 Å². The van der Waals surface area contributed by atoms with Gasteiger partial charge in [-0.25, -0.2) is 4.79 Å². The number of hydrogen-bond donors (Lipinski definition) is 1. The van der Waals surface area contributed by atoms with E-state index in [1.165, 1.54) is 24.3 Å². The van der Waals surface area contributed by atoms with Crippen molar-refractivity contribution in [2.45, 2.75) is 25.6 Å². The van der Waals surface area contributed by atoms with Crippen LogP contribution in [0.3, 0.4) is 0 Å². The minimum Gasteiger partial charge on any atom is -0.477 e. The van der Waals surface area contributed by atoms with Crippen LogP contribution in [0.2, 0.25) is 0 Å². The molecule has 7 heteroatoms. The van der Waals surface area contributed by atoms with Crippen molar-refractivity contribution in [3.8, 4) is 6.07 Å². The van der Waals surface area contributed by atoms with Crippen LogP contribution in [0.15, 0.2) is 36.0 Å². The third-order valence-electron chi connectivity index (χ3n) is 3.61. The van der Waals surface area contributed by atoms with Crippen molar-refractivity contribution >= 4 is 11.7 Å². The summed E-state index contributed by atoms with van der Waals surface area (Å²) < 4.78 is 39.5. The molecule has 0 spiro atoms. The number of halogens is 3. The zero-order valence-electron chi connectivity index (χ0n) is 11.6. The van der Waals surface area contributed by atoms with E-state index < -0.39 is 29.8 Å². The Morgan fingerprint density at radius 3 is 2.64 bits per heavy atom. The lowest BCUT2D eigenvalue weighted by atomic mass is 9.98. The molecular formula is C15H13F3N2O2. The summed E-state index contributed by atoms with van der Waals surface area (Å²) in [6.45, 7) is 1.57. The van der Waals surface area contributed by atoms with Crippen LogP contribution in [0.5, 0.6) is 0 Å². The maximum atomic E-state index is 13.2. The Kier molecular flexibility index (Phi) is 4.13. The van der Waals surface area contributed by atoms with E-state index in [1.807, 2.05) is 6.07 Å². The van der Waals surface area contributed by atoms with E-state index in [0.717, 1.165) is 11.0 Å². The first-order valence-corrected chi connectivity index (χ1v) is 6.60. The molecular weight excluding hydrogens is 297 g/mol. The first-order chi connectivity index (χ1) is 10.3. The molecule has 1 aliphatic heterocycles. The fraction of sp³-hybridized carbons (Fsp3) is 0.333. The highest BCUT2D eigenvalue weighted by Gasteiger charge is 2.50. The molecule has 1 N–H and O–H groups in total. The van der Waals surface area contributed by atoms with Crippen molar-refractivity contribution < 1.29 is 23.1 Å². The molecule has 0 aromatic heterocycles. The van der Waals surface area contributed by atoms with E-state index in [0.29, 0.717) is 0 Å². The van der Waals surface area contributed by atoms with Crippen LogP contribution in [-0.4, -0.2) is 23.3 Å². The topological polar surface area (TPSA) is 64.3 Å². The molecule has 2 unspecified atom stereocenters. The highest BCUT2D eigenvalue weighted by atomic mass is 19.4. The third kappa shape index (κ3) is 2.77. The molecule has 0 radical (unpaired) electrons. The summed E-state index contributed by atoms with van der Waals surface area (Å²) in [5.74, 6) is -3.28. The van der Waals surface area contributed by atoms with Gasteiger partial charge in [-0.2, -0.15) is 18.4 Å². The van der Waals surface area contributed by atoms with Crippen molar-refractivity contribution in [3.63, 3.8) is 0 Å². The number of carboxylic acid groups (broad SMARTS) is 1. The van der Waals surface area contributed by atoms with Crippen LogP contribution in [-0.2, 0) is 4.79 Å². The van der Waals surface area contributed by atoms with E-state index in [9.17, 15) is 23.1 Å². The summed E-state index contributed by atoms with van der Waals surface area (Å²) in [7, 11) is 0. The van der Waals surface area contributed by atoms with Gasteiger partial charge in [0.25, 0.3) is 0 Å². The average molecular weight is 310 g/mol. The number of hydrogen-bond acceptors (Lipinski definition) is 3. The minimum atomic E-state index is -4.52. The number of rotatable bonds is 3. The average Bonchev–Trinajstić information content (AvgIpc) is 2.87. The van der Waals surface area contributed by atoms with E-state index in [1.54, 1.807) is 6.92 Å². The fourth-order valence-corrected chi connectivity index (χ4v) is 2.68. The smallest absolute Gasteiger partial charge is 0.397 e. The van der Waals surface area contributed by atoms with Gasteiger partial charge in [0, 0.05) is 11.7 Å². The lowest BCUT2D eigenvalue weighted by Gasteiger charge is -2.31. The van der Waals surface area contributed by atoms with Gasteiger partial charge >= 0.3 is 12.1 Å². The number of nitriles is 1. The van der Waals surface area contributed by atoms with Crippen LogP contribution in [0.1, 0.15) is 18.9 Å². The Balaban J connectivity index is 2.54. The third-order valence-corrected chi connectivity index (χ3v) is 3.61. The predicted molar refractivity (Wildman–Crippen MR) is 73.0 cm³/mol. The number of alkyl halides is 3. The summed E-state index contributed by atoms with van der Waals surface area (Å²) in [5.41, 5.74) is 0.114. The predicted octanol–water partition coefficient (Wildman–Crippen LogP) is 3.30. The highest BCUT2D eigenvalue weighted by Crippen LogP contribution is 2.42. The van der Waals surface area contributed by atoms with Crippen molar-refractivity contribution in [1.82, 2.24) is 0 Å². The van der Waals surface area contributed by atoms with Crippen molar-refractivity contribution in [3.05, 3.63) is 41.6 Å². The monoisotopic (exact) mass is 310 g/mol. The van der Waals surface area contributed by atoms with Gasteiger partial charge in [-0.15, -0.1) is 0 Å². The van der Waals surface area contributed by atoms with E-state index in [2.05, 4.69) is 0 Å². The van der Waals surface area contributed by atoms with Crippen molar-refractivity contribution in [1.29, 1.82) is 5.26 Å². The van der Waals surface area contributed by atoms with Crippen molar-refractivity contribution in [2.75, 3.05) is 4.90 Å². The fourth-order valence-electron chi connectivity index (χ4n) is 2.68. The van der Waals surface area contributed by atoms with Crippen LogP contribution in [0.25, 0.3) is 0 Å². The molecule has 0 saturated carbocycles. The van der Waals surface area contributed by atoms with Crippen LogP contribution < -0.4 is 4.90 Å². The highest BCUT2D eigenvalue weighted by molar-refractivity contribution is 5.92. The number of benzene rings is 1. The largest absolute Gasteiger partial charge is 0.477 e. The summed E-state index contributed by atoms with van der Waals surface area (Å²) >= 11 is 0. The van der Waals surface area contributed by atoms with Gasteiger partial charge in [0.15, 0.2) is 0 Å². The molecule has 4 nitrogen and oxygen atoms in total. The van der Waals surface area contributed by atoms with Gasteiger partial charge in [-0.05, 0) is 30.7 Å². The molecule has 0 aliphatic carbocycles. The molecule has 116 valence electrons. The van der Waals surface area contributed by atoms with Crippen LogP contribution in [0.4, 0.5) is 18.9 Å². The second kappa shape index (κ2) is 5.72. The van der Waals surface area contributed by atoms with Crippen LogP contribution in [0, 0.1) is 17.2 Å². The Bertz CT molecular complexity index is 661. The van der Waals surface area contributed by atoms with Gasteiger partial charge in [0.1, 0.15) is 5.70 Å². The summed E-state index contributed by atoms with van der Waals surface area (Å²) in [5, 5.41) is 18.1. The zero-order valence-corrected chi connectivity index (χ0v) is 11.6. The molecule has 0 fully saturated rings. The van der Waals surface area contributed by atoms with Gasteiger partial charge in [0.05, 0.1) is 17.6 Å². The number of carbonyl (C=O) groups is 1. The Morgan fingerprint density at radius 2 is 2.14 bits per heavy atom. The van der Waals surface area contributed by atoms with Gasteiger partial charge in [0.2, 0.25) is 0 Å². The molecule has 2 atom stereocenters. The van der Waals surface area contributed by atoms with Crippen LogP contribution >= 0.6 is 0 Å². The molecule has 0 bridgehead atoms. The number of anilines is 1. The van der Waals surface area contributed by atoms with E-state index in [4.69, 9.17) is 5.26 Å². The second-order valence-corrected chi connectivity index (χ2v) is 4.93. The maximum Gasteiger partial charge on any atom is 0.397 e. The lowest BCUT2D eigenvalue weighted by molar-refractivity contribution is -0.164. The molecule has 0 saturated heterocycles. The summed E-state index contributed by atoms with van der Waals surface area (Å²) in [6, 6.07) is 6.76. The minimum absolute atomic E-state index is 0.119. The zero-order chi connectivity index (χ0) is 16.5. The van der Waals surface area contributed by atoms with Crippen molar-refractivity contribution in [2.24, 2.45) is 5.92 Å². The maximum absolute atomic E-state index is 13.2. The number of nitrogens with zero attached hydrogens (tertiary/aromatic N) is 2. The number of carboxylic acids is 1. The van der Waals surface area contributed by atoms with Gasteiger partial charge in [-0.3, -0.25) is 0 Å². The second-order valence-electron chi connectivity index (χ2n) is 4.93. The molecule has 22 heavy (non-hydrogen) atoms. The Labute approximate surface area is 125 Å². The molecule has 2 rings (SSSR count). The molecule has 1 aliphatic rings. The summed E-state index contributed by atoms with van der Waals surface area (Å²) in [6.07, 6.45) is -3.66. The molecule has 0 amide bonds. The molecule has 1 heterocycles. The van der Waals surface area contributed by atoms with Gasteiger partial charge < -0.3 is 10.0 Å². The first-order valence-electron chi connectivity index (χ1n) is 6.60. The Morgan fingerprint density at radius 1 is 1.45 bits per heavy atom. The van der Waals surface area contributed by atoms with E-state index >= 15 is 0 Å². The molecule has 1 aromatic rings. The number of aliphatic carboxylic acids is 1. The quantitative estimate of drug-likeness (QED) is 0.930. The first kappa shape index (κ1) is 15.9. The van der Waals surface area contributed by atoms with E-state index in [-0.39, 0.29) is 17.7 Å². The normalized spacial score (nSPS) is 21.4. The SMILES string of the molecule is CCC1C(C(F)(F)F)C=C(C(=O)O)N1c1cccc(C#N)c1. The Hall–Kier alpha value is -2.49. The molecule has 1 aromatic carbocycles. The lowest BCUT2D eigenvalue weighted by Crippen LogP contribution is -2.40. The standard InChI is InChI=1S/C15H13F3N2O2/c1-2-12-11(15(16,17)18)7-13(14(21)22)20(12)10-5-3-4-9(6-10)8-19/h3-7,11-12H,2H2,1H3,(H,21,22). The summed E-state index contributed by atoms with van der Waals surface area (Å²) in [4.78, 5) is 12.5.